The second-order valence-electron chi connectivity index (χ2n) is 5.12. The van der Waals surface area contributed by atoms with Crippen molar-refractivity contribution in [2.45, 2.75) is 13.0 Å². The normalized spacial score (nSPS) is 12.1. The smallest absolute Gasteiger partial charge is 0.262 e. The molecule has 22 heavy (non-hydrogen) atoms. The first-order valence-electron chi connectivity index (χ1n) is 7.04. The number of rotatable bonds is 4. The molecule has 0 aliphatic rings. The maximum absolute atomic E-state index is 12.5. The van der Waals surface area contributed by atoms with E-state index in [1.54, 1.807) is 6.20 Å². The summed E-state index contributed by atoms with van der Waals surface area (Å²) in [5, 5.41) is 3.09. The van der Waals surface area contributed by atoms with Gasteiger partial charge in [0.1, 0.15) is 11.9 Å². The van der Waals surface area contributed by atoms with Crippen molar-refractivity contribution in [2.24, 2.45) is 7.05 Å². The van der Waals surface area contributed by atoms with Crippen molar-refractivity contribution in [1.29, 1.82) is 0 Å². The van der Waals surface area contributed by atoms with Crippen LogP contribution in [0.15, 0.2) is 54.9 Å². The maximum Gasteiger partial charge on any atom is 0.262 e. The van der Waals surface area contributed by atoms with Gasteiger partial charge in [-0.2, -0.15) is 0 Å². The second-order valence-corrected chi connectivity index (χ2v) is 6.41. The molecule has 0 aliphatic carbocycles. The van der Waals surface area contributed by atoms with Crippen molar-refractivity contribution in [3.05, 3.63) is 76.0 Å². The third-order valence-electron chi connectivity index (χ3n) is 3.49. The van der Waals surface area contributed by atoms with E-state index >= 15 is 0 Å². The summed E-state index contributed by atoms with van der Waals surface area (Å²) >= 11 is 1.50. The van der Waals surface area contributed by atoms with E-state index in [9.17, 15) is 4.79 Å². The molecule has 2 heterocycles. The first-order valence-corrected chi connectivity index (χ1v) is 7.86. The van der Waals surface area contributed by atoms with Gasteiger partial charge in [-0.1, -0.05) is 30.3 Å². The molecule has 2 aromatic heterocycles. The van der Waals surface area contributed by atoms with Crippen LogP contribution in [0.2, 0.25) is 0 Å². The monoisotopic (exact) mass is 311 g/mol. The highest BCUT2D eigenvalue weighted by atomic mass is 32.1. The van der Waals surface area contributed by atoms with Gasteiger partial charge >= 0.3 is 0 Å². The molecule has 0 aliphatic heterocycles. The predicted octanol–water partition coefficient (Wildman–Crippen LogP) is 3.31. The van der Waals surface area contributed by atoms with Crippen molar-refractivity contribution < 1.29 is 4.79 Å². The summed E-state index contributed by atoms with van der Waals surface area (Å²) in [6, 6.07) is 13.4. The van der Waals surface area contributed by atoms with Gasteiger partial charge in [-0.05, 0) is 24.6 Å². The number of thiophene rings is 1. The van der Waals surface area contributed by atoms with Crippen molar-refractivity contribution in [3.8, 4) is 0 Å². The fourth-order valence-electron chi connectivity index (χ4n) is 2.36. The highest BCUT2D eigenvalue weighted by molar-refractivity contribution is 7.13. The molecule has 0 saturated heterocycles. The maximum atomic E-state index is 12.5. The second kappa shape index (κ2) is 6.15. The third-order valence-corrected chi connectivity index (χ3v) is 4.49. The molecular weight excluding hydrogens is 294 g/mol. The quantitative estimate of drug-likeness (QED) is 0.803. The van der Waals surface area contributed by atoms with Crippen molar-refractivity contribution in [3.63, 3.8) is 0 Å². The average molecular weight is 311 g/mol. The summed E-state index contributed by atoms with van der Waals surface area (Å²) < 4.78 is 1.93. The van der Waals surface area contributed by atoms with E-state index in [0.29, 0.717) is 4.88 Å². The zero-order valence-electron chi connectivity index (χ0n) is 12.5. The molecule has 0 spiro atoms. The number of carbonyl (C=O) groups is 1. The fourth-order valence-corrected chi connectivity index (χ4v) is 3.13. The van der Waals surface area contributed by atoms with Gasteiger partial charge in [0.05, 0.1) is 4.88 Å². The summed E-state index contributed by atoms with van der Waals surface area (Å²) in [4.78, 5) is 18.7. The van der Waals surface area contributed by atoms with Gasteiger partial charge in [0.25, 0.3) is 5.91 Å². The Hall–Kier alpha value is -2.40. The Balaban J connectivity index is 1.93. The van der Waals surface area contributed by atoms with E-state index in [4.69, 9.17) is 0 Å². The Kier molecular flexibility index (Phi) is 4.06. The van der Waals surface area contributed by atoms with Crippen LogP contribution >= 0.6 is 11.3 Å². The molecular formula is C17H17N3OS. The van der Waals surface area contributed by atoms with Crippen molar-refractivity contribution >= 4 is 17.2 Å². The number of hydrogen-bond acceptors (Lipinski definition) is 3. The van der Waals surface area contributed by atoms with Crippen molar-refractivity contribution in [1.82, 2.24) is 14.9 Å². The zero-order valence-corrected chi connectivity index (χ0v) is 13.3. The molecule has 1 atom stereocenters. The lowest BCUT2D eigenvalue weighted by molar-refractivity contribution is 0.0945. The van der Waals surface area contributed by atoms with Crippen molar-refractivity contribution in [2.75, 3.05) is 0 Å². The zero-order chi connectivity index (χ0) is 15.5. The summed E-state index contributed by atoms with van der Waals surface area (Å²) in [7, 11) is 1.93. The molecule has 0 unspecified atom stereocenters. The molecule has 1 amide bonds. The van der Waals surface area contributed by atoms with Crippen LogP contribution in [0.1, 0.15) is 32.0 Å². The van der Waals surface area contributed by atoms with Gasteiger partial charge in [-0.3, -0.25) is 4.79 Å². The minimum absolute atomic E-state index is 0.0741. The van der Waals surface area contributed by atoms with E-state index in [1.165, 1.54) is 11.3 Å². The van der Waals surface area contributed by atoms with Crippen LogP contribution in [0.25, 0.3) is 0 Å². The SMILES string of the molecule is Cc1ccc(C(=O)N[C@H](c2ccccc2)c2nccn2C)s1. The third kappa shape index (κ3) is 2.94. The largest absolute Gasteiger partial charge is 0.337 e. The van der Waals surface area contributed by atoms with Crippen LogP contribution in [0, 0.1) is 6.92 Å². The van der Waals surface area contributed by atoms with E-state index in [1.807, 2.05) is 67.2 Å². The van der Waals surface area contributed by atoms with Crippen LogP contribution in [0.4, 0.5) is 0 Å². The highest BCUT2D eigenvalue weighted by Gasteiger charge is 2.21. The first-order chi connectivity index (χ1) is 10.6. The first kappa shape index (κ1) is 14.5. The number of hydrogen-bond donors (Lipinski definition) is 1. The molecule has 3 rings (SSSR count). The predicted molar refractivity (Wildman–Crippen MR) is 88.0 cm³/mol. The summed E-state index contributed by atoms with van der Waals surface area (Å²) in [5.74, 6) is 0.739. The molecule has 1 aromatic carbocycles. The topological polar surface area (TPSA) is 46.9 Å². The van der Waals surface area contributed by atoms with Crippen LogP contribution < -0.4 is 5.32 Å². The van der Waals surface area contributed by atoms with Gasteiger partial charge in [0.15, 0.2) is 0 Å². The molecule has 0 radical (unpaired) electrons. The molecule has 1 N–H and O–H groups in total. The number of aryl methyl sites for hydroxylation is 2. The number of nitrogens with one attached hydrogen (secondary N) is 1. The lowest BCUT2D eigenvalue weighted by Gasteiger charge is -2.18. The molecule has 5 heteroatoms. The van der Waals surface area contributed by atoms with Crippen LogP contribution in [-0.2, 0) is 7.05 Å². The van der Waals surface area contributed by atoms with E-state index in [0.717, 1.165) is 16.3 Å². The number of imidazole rings is 1. The molecule has 0 bridgehead atoms. The summed E-state index contributed by atoms with van der Waals surface area (Å²) in [5.41, 5.74) is 1.01. The molecule has 3 aromatic rings. The Morgan fingerprint density at radius 1 is 1.23 bits per heavy atom. The van der Waals surface area contributed by atoms with Crippen LogP contribution in [0.5, 0.6) is 0 Å². The number of amides is 1. The highest BCUT2D eigenvalue weighted by Crippen LogP contribution is 2.22. The molecule has 4 nitrogen and oxygen atoms in total. The van der Waals surface area contributed by atoms with Gasteiger partial charge in [0.2, 0.25) is 0 Å². The Bertz CT molecular complexity index is 776. The van der Waals surface area contributed by atoms with Gasteiger partial charge in [0, 0.05) is 24.3 Å². The minimum Gasteiger partial charge on any atom is -0.337 e. The Morgan fingerprint density at radius 2 is 2.00 bits per heavy atom. The van der Waals surface area contributed by atoms with Gasteiger partial charge in [-0.15, -0.1) is 11.3 Å². The standard InChI is InChI=1S/C17H17N3OS/c1-12-8-9-14(22-12)17(21)19-15(13-6-4-3-5-7-13)16-18-10-11-20(16)2/h3-11,15H,1-2H3,(H,19,21)/t15-/m1/s1. The van der Waals surface area contributed by atoms with Gasteiger partial charge < -0.3 is 9.88 Å². The van der Waals surface area contributed by atoms with Gasteiger partial charge in [-0.25, -0.2) is 4.98 Å². The number of nitrogens with zero attached hydrogens (tertiary/aromatic N) is 2. The number of benzene rings is 1. The van der Waals surface area contributed by atoms with Crippen LogP contribution in [-0.4, -0.2) is 15.5 Å². The number of carbonyl (C=O) groups excluding carboxylic acids is 1. The lowest BCUT2D eigenvalue weighted by Crippen LogP contribution is -2.30. The Labute approximate surface area is 133 Å². The summed E-state index contributed by atoms with van der Waals surface area (Å²) in [6.07, 6.45) is 3.62. The minimum atomic E-state index is -0.267. The molecule has 0 fully saturated rings. The average Bonchev–Trinajstić information content (AvgIpc) is 3.14. The Morgan fingerprint density at radius 3 is 2.59 bits per heavy atom. The van der Waals surface area contributed by atoms with E-state index in [2.05, 4.69) is 10.3 Å². The molecule has 0 saturated carbocycles. The molecule has 112 valence electrons. The van der Waals surface area contributed by atoms with E-state index < -0.39 is 0 Å². The van der Waals surface area contributed by atoms with Crippen LogP contribution in [0.3, 0.4) is 0 Å². The lowest BCUT2D eigenvalue weighted by atomic mass is 10.1. The summed E-state index contributed by atoms with van der Waals surface area (Å²) in [6.45, 7) is 1.99. The van der Waals surface area contributed by atoms with E-state index in [-0.39, 0.29) is 11.9 Å². The fraction of sp³-hybridized carbons (Fsp3) is 0.176. The number of aromatic nitrogens is 2.